The number of aliphatic imine (C=N–C) groups is 2. The highest BCUT2D eigenvalue weighted by molar-refractivity contribution is 7.26. The van der Waals surface area contributed by atoms with Crippen molar-refractivity contribution < 1.29 is 8.83 Å². The lowest BCUT2D eigenvalue weighted by Crippen LogP contribution is -2.33. The van der Waals surface area contributed by atoms with Crippen molar-refractivity contribution in [3.63, 3.8) is 0 Å². The van der Waals surface area contributed by atoms with Crippen molar-refractivity contribution in [2.24, 2.45) is 9.98 Å². The van der Waals surface area contributed by atoms with Crippen molar-refractivity contribution in [1.29, 1.82) is 0 Å². The summed E-state index contributed by atoms with van der Waals surface area (Å²) < 4.78 is 18.8. The molecule has 0 saturated carbocycles. The average Bonchev–Trinajstić information content (AvgIpc) is 4.13. The number of hydrogen-bond donors (Lipinski definition) is 1. The van der Waals surface area contributed by atoms with Gasteiger partial charge in [0.25, 0.3) is 0 Å². The summed E-state index contributed by atoms with van der Waals surface area (Å²) in [5, 5.41) is 12.9. The molecule has 0 fully saturated rings. The number of para-hydroxylation sites is 3. The summed E-state index contributed by atoms with van der Waals surface area (Å²) in [5.74, 6) is 1.42. The van der Waals surface area contributed by atoms with Gasteiger partial charge in [0.1, 0.15) is 28.8 Å². The summed E-state index contributed by atoms with van der Waals surface area (Å²) in [6.45, 7) is 0. The molecular weight excluding hydrogens is 805 g/mol. The number of furan rings is 2. The van der Waals surface area contributed by atoms with Crippen LogP contribution in [0.25, 0.3) is 103 Å². The van der Waals surface area contributed by atoms with Crippen molar-refractivity contribution in [3.05, 3.63) is 211 Å². The first kappa shape index (κ1) is 35.3. The maximum absolute atomic E-state index is 7.45. The maximum atomic E-state index is 7.45. The van der Waals surface area contributed by atoms with E-state index in [1.54, 1.807) is 0 Å². The molecule has 5 heterocycles. The lowest BCUT2D eigenvalue weighted by atomic mass is 9.93. The molecule has 0 bridgehead atoms. The number of hydrogen-bond acceptors (Lipinski definition) is 6. The molecule has 7 heteroatoms. The molecule has 1 N–H and O–H groups in total. The molecule has 0 spiro atoms. The standard InChI is InChI=1S/C57H34N4O2S/c1-3-14-33(15-4-1)55-58-56(34-16-5-2-6-17-34)60-57(59-55)43-30-28-41-40-21-13-23-46(52(40)63-53(41)50(43)35-26-31-48-44(32-35)37-19-8-11-24-47(37)62-48)61-45-22-10-7-18-36(45)39-27-29-42-38-20-9-12-25-49(38)64-54(42)51(39)61/h1-32,57H,(H,58,59,60). The highest BCUT2D eigenvalue weighted by Crippen LogP contribution is 2.47. The minimum Gasteiger partial charge on any atom is -0.456 e. The van der Waals surface area contributed by atoms with E-state index in [2.05, 4.69) is 155 Å². The van der Waals surface area contributed by atoms with Gasteiger partial charge in [-0.15, -0.1) is 11.3 Å². The van der Waals surface area contributed by atoms with Gasteiger partial charge < -0.3 is 18.7 Å². The van der Waals surface area contributed by atoms with Crippen molar-refractivity contribution in [2.75, 3.05) is 0 Å². The zero-order valence-electron chi connectivity index (χ0n) is 34.1. The molecule has 0 saturated heterocycles. The van der Waals surface area contributed by atoms with E-state index < -0.39 is 6.17 Å². The van der Waals surface area contributed by atoms with Crippen LogP contribution in [0.3, 0.4) is 0 Å². The van der Waals surface area contributed by atoms with E-state index >= 15 is 0 Å². The summed E-state index contributed by atoms with van der Waals surface area (Å²) in [4.78, 5) is 10.5. The van der Waals surface area contributed by atoms with Crippen LogP contribution in [0.5, 0.6) is 0 Å². The average molecular weight is 839 g/mol. The van der Waals surface area contributed by atoms with Crippen molar-refractivity contribution in [2.45, 2.75) is 6.17 Å². The Balaban J connectivity index is 1.06. The van der Waals surface area contributed by atoms with Gasteiger partial charge in [-0.2, -0.15) is 0 Å². The van der Waals surface area contributed by atoms with Crippen molar-refractivity contribution >= 4 is 109 Å². The molecule has 4 aromatic heterocycles. The number of aromatic nitrogens is 1. The molecular formula is C57H34N4O2S. The predicted molar refractivity (Wildman–Crippen MR) is 265 cm³/mol. The molecule has 0 aliphatic carbocycles. The minimum absolute atomic E-state index is 0.495. The van der Waals surface area contributed by atoms with Crippen LogP contribution in [-0.2, 0) is 0 Å². The van der Waals surface area contributed by atoms with E-state index in [1.165, 1.54) is 36.5 Å². The Morgan fingerprint density at radius 2 is 1.17 bits per heavy atom. The van der Waals surface area contributed by atoms with Gasteiger partial charge in [0, 0.05) is 70.0 Å². The fourth-order valence-electron chi connectivity index (χ4n) is 10.00. The summed E-state index contributed by atoms with van der Waals surface area (Å²) in [7, 11) is 0. The number of rotatable bonds is 5. The quantitative estimate of drug-likeness (QED) is 0.188. The second kappa shape index (κ2) is 13.6. The molecule has 9 aromatic carbocycles. The van der Waals surface area contributed by atoms with E-state index in [9.17, 15) is 0 Å². The summed E-state index contributed by atoms with van der Waals surface area (Å²) in [6.07, 6.45) is -0.495. The van der Waals surface area contributed by atoms with Gasteiger partial charge in [-0.3, -0.25) is 0 Å². The molecule has 0 radical (unpaired) electrons. The Morgan fingerprint density at radius 3 is 2.05 bits per heavy atom. The van der Waals surface area contributed by atoms with Gasteiger partial charge in [-0.1, -0.05) is 158 Å². The number of nitrogens with one attached hydrogen (secondary N) is 1. The molecule has 0 amide bonds. The van der Waals surface area contributed by atoms with Crippen LogP contribution in [0, 0.1) is 0 Å². The van der Waals surface area contributed by atoms with Crippen LogP contribution in [0.2, 0.25) is 0 Å². The molecule has 14 rings (SSSR count). The monoisotopic (exact) mass is 838 g/mol. The summed E-state index contributed by atoms with van der Waals surface area (Å²) in [5.41, 5.74) is 11.5. The van der Waals surface area contributed by atoms with Crippen LogP contribution in [0.4, 0.5) is 0 Å². The molecule has 1 aliphatic heterocycles. The Morgan fingerprint density at radius 1 is 0.484 bits per heavy atom. The molecule has 13 aromatic rings. The summed E-state index contributed by atoms with van der Waals surface area (Å²) in [6, 6.07) is 68.2. The van der Waals surface area contributed by atoms with Gasteiger partial charge in [0.2, 0.25) is 0 Å². The fourth-order valence-corrected chi connectivity index (χ4v) is 11.2. The molecule has 64 heavy (non-hydrogen) atoms. The van der Waals surface area contributed by atoms with Crippen LogP contribution in [-0.4, -0.2) is 16.2 Å². The SMILES string of the molecule is c1ccc(C2=NC(c3ccc4c(oc5c(-n6c7ccccc7c7ccc8c9ccccc9sc8c76)cccc54)c3-c3ccc4oc5ccccc5c4c3)NC(c3ccccc3)=N2)cc1. The molecule has 300 valence electrons. The van der Waals surface area contributed by atoms with Crippen LogP contribution in [0.1, 0.15) is 22.9 Å². The Kier molecular flexibility index (Phi) is 7.52. The third kappa shape index (κ3) is 5.19. The Labute approximate surface area is 369 Å². The second-order valence-electron chi connectivity index (χ2n) is 16.5. The largest absolute Gasteiger partial charge is 0.456 e. The van der Waals surface area contributed by atoms with E-state index in [-0.39, 0.29) is 0 Å². The highest BCUT2D eigenvalue weighted by Gasteiger charge is 2.28. The summed E-state index contributed by atoms with van der Waals surface area (Å²) >= 11 is 1.85. The smallest absolute Gasteiger partial charge is 0.159 e. The molecule has 1 unspecified atom stereocenters. The van der Waals surface area contributed by atoms with E-state index in [0.29, 0.717) is 5.84 Å². The first-order chi connectivity index (χ1) is 31.7. The van der Waals surface area contributed by atoms with Crippen molar-refractivity contribution in [1.82, 2.24) is 9.88 Å². The number of amidine groups is 2. The number of fused-ring (bicyclic) bond motifs is 13. The van der Waals surface area contributed by atoms with E-state index in [1.807, 2.05) is 59.9 Å². The Hall–Kier alpha value is -8.26. The van der Waals surface area contributed by atoms with E-state index in [4.69, 9.17) is 18.8 Å². The lowest BCUT2D eigenvalue weighted by Gasteiger charge is -2.25. The van der Waals surface area contributed by atoms with Crippen LogP contribution in [0.15, 0.2) is 213 Å². The van der Waals surface area contributed by atoms with Gasteiger partial charge in [-0.05, 0) is 42.0 Å². The predicted octanol–water partition coefficient (Wildman–Crippen LogP) is 15.1. The third-order valence-electron chi connectivity index (χ3n) is 12.9. The highest BCUT2D eigenvalue weighted by atomic mass is 32.1. The zero-order chi connectivity index (χ0) is 41.9. The van der Waals surface area contributed by atoms with Gasteiger partial charge in [0.05, 0.1) is 21.4 Å². The lowest BCUT2D eigenvalue weighted by molar-refractivity contribution is 0.655. The topological polar surface area (TPSA) is 68.0 Å². The fraction of sp³-hybridized carbons (Fsp3) is 0.0175. The second-order valence-corrected chi connectivity index (χ2v) is 17.5. The molecule has 1 aliphatic rings. The third-order valence-corrected chi connectivity index (χ3v) is 14.1. The molecule has 1 atom stereocenters. The van der Waals surface area contributed by atoms with Gasteiger partial charge in [0.15, 0.2) is 11.4 Å². The van der Waals surface area contributed by atoms with Gasteiger partial charge in [-0.25, -0.2) is 9.98 Å². The van der Waals surface area contributed by atoms with Crippen molar-refractivity contribution in [3.8, 4) is 16.8 Å². The normalized spacial score (nSPS) is 14.4. The maximum Gasteiger partial charge on any atom is 0.159 e. The number of thiophene rings is 1. The van der Waals surface area contributed by atoms with Crippen LogP contribution >= 0.6 is 11.3 Å². The van der Waals surface area contributed by atoms with Crippen LogP contribution < -0.4 is 5.32 Å². The minimum atomic E-state index is -0.495. The first-order valence-electron chi connectivity index (χ1n) is 21.5. The Bertz CT molecular complexity index is 4120. The van der Waals surface area contributed by atoms with Gasteiger partial charge >= 0.3 is 0 Å². The number of benzene rings is 9. The van der Waals surface area contributed by atoms with E-state index in [0.717, 1.165) is 88.7 Å². The molecule has 6 nitrogen and oxygen atoms in total. The first-order valence-corrected chi connectivity index (χ1v) is 22.3. The zero-order valence-corrected chi connectivity index (χ0v) is 34.9. The number of nitrogens with zero attached hydrogens (tertiary/aromatic N) is 3.